The number of hydrogen-bond acceptors (Lipinski definition) is 8. The molecule has 6 rings (SSSR count). The Balaban J connectivity index is 1.47. The van der Waals surface area contributed by atoms with Gasteiger partial charge in [0, 0.05) is 43.7 Å². The molecular weight excluding hydrogens is 542 g/mol. The number of ether oxygens (including phenoxy) is 2. The highest BCUT2D eigenvalue weighted by Gasteiger charge is 2.32. The number of aryl methyl sites for hydroxylation is 1. The Morgan fingerprint density at radius 3 is 2.67 bits per heavy atom. The molecule has 0 saturated carbocycles. The number of fused-ring (bicyclic) bond motifs is 2. The van der Waals surface area contributed by atoms with Gasteiger partial charge in [-0.3, -0.25) is 4.79 Å². The maximum absolute atomic E-state index is 12.6. The zero-order chi connectivity index (χ0) is 30.1. The number of piperazine rings is 1. The van der Waals surface area contributed by atoms with Gasteiger partial charge >= 0.3 is 6.01 Å². The normalized spacial score (nSPS) is 19.1. The first-order chi connectivity index (χ1) is 20.9. The number of methoxy groups -OCH3 is 1. The summed E-state index contributed by atoms with van der Waals surface area (Å²) in [4.78, 5) is 28.7. The molecule has 2 atom stereocenters. The molecule has 0 bridgehead atoms. The van der Waals surface area contributed by atoms with Crippen LogP contribution in [0.3, 0.4) is 0 Å². The highest BCUT2D eigenvalue weighted by molar-refractivity contribution is 6.03. The standard InChI is InChI=1S/C33H37N7O3/c1-5-29(41)40-18-17-39(20-23(40)14-15-34)32-26-19-27(25-12-6-9-22-10-7-13-28(42-4)30(22)25)38(3)31(26)35-33(36-32)43-21-24-11-8-16-37(24)2/h5-7,9-10,12-13,19,23-24H,1,8,11,14,16-18,20-21H2,2-4H3/t23-,24-/m0/s1. The Bertz CT molecular complexity index is 1720. The summed E-state index contributed by atoms with van der Waals surface area (Å²) in [6.45, 7) is 6.72. The lowest BCUT2D eigenvalue weighted by atomic mass is 10.0. The first kappa shape index (κ1) is 28.5. The third-order valence-electron chi connectivity index (χ3n) is 8.85. The number of carbonyl (C=O) groups is 1. The number of benzene rings is 2. The third-order valence-corrected chi connectivity index (χ3v) is 8.85. The molecule has 4 heterocycles. The van der Waals surface area contributed by atoms with Crippen molar-refractivity contribution < 1.29 is 14.3 Å². The first-order valence-corrected chi connectivity index (χ1v) is 14.7. The fraction of sp³-hybridized carbons (Fsp3) is 0.394. The molecule has 2 fully saturated rings. The van der Waals surface area contributed by atoms with Crippen molar-refractivity contribution in [2.75, 3.05) is 51.8 Å². The van der Waals surface area contributed by atoms with Gasteiger partial charge in [-0.05, 0) is 50.0 Å². The topological polar surface area (TPSA) is 99.8 Å². The molecule has 2 aromatic carbocycles. The summed E-state index contributed by atoms with van der Waals surface area (Å²) in [5.41, 5.74) is 2.76. The zero-order valence-corrected chi connectivity index (χ0v) is 25.0. The van der Waals surface area contributed by atoms with E-state index in [9.17, 15) is 10.1 Å². The van der Waals surface area contributed by atoms with Crippen LogP contribution in [0.1, 0.15) is 19.3 Å². The molecule has 0 aliphatic carbocycles. The molecule has 0 N–H and O–H groups in total. The number of amides is 1. The van der Waals surface area contributed by atoms with Crippen LogP contribution in [0.5, 0.6) is 11.8 Å². The van der Waals surface area contributed by atoms with Crippen LogP contribution in [-0.2, 0) is 11.8 Å². The van der Waals surface area contributed by atoms with Gasteiger partial charge in [0.25, 0.3) is 0 Å². The van der Waals surface area contributed by atoms with Gasteiger partial charge in [-0.25, -0.2) is 0 Å². The second-order valence-electron chi connectivity index (χ2n) is 11.3. The molecule has 4 aromatic rings. The Kier molecular flexibility index (Phi) is 7.91. The van der Waals surface area contributed by atoms with Gasteiger partial charge in [0.2, 0.25) is 5.91 Å². The average Bonchev–Trinajstić information content (AvgIpc) is 3.60. The SMILES string of the molecule is C=CC(=O)N1CCN(c2nc(OC[C@@H]3CCCN3C)nc3c2cc(-c2cccc4cccc(OC)c24)n3C)C[C@@H]1CC#N. The summed E-state index contributed by atoms with van der Waals surface area (Å²) >= 11 is 0. The monoisotopic (exact) mass is 579 g/mol. The summed E-state index contributed by atoms with van der Waals surface area (Å²) in [5.74, 6) is 1.38. The fourth-order valence-corrected chi connectivity index (χ4v) is 6.51. The van der Waals surface area contributed by atoms with Crippen LogP contribution in [-0.4, -0.2) is 89.3 Å². The number of rotatable bonds is 8. The fourth-order valence-electron chi connectivity index (χ4n) is 6.51. The number of likely N-dealkylation sites (N-methyl/N-ethyl adjacent to an activating group) is 1. The van der Waals surface area contributed by atoms with Gasteiger partial charge in [-0.2, -0.15) is 15.2 Å². The smallest absolute Gasteiger partial charge is 0.320 e. The maximum Gasteiger partial charge on any atom is 0.320 e. The van der Waals surface area contributed by atoms with Gasteiger partial charge in [0.05, 0.1) is 36.7 Å². The molecule has 1 amide bonds. The van der Waals surface area contributed by atoms with Gasteiger partial charge in [0.1, 0.15) is 23.8 Å². The Morgan fingerprint density at radius 2 is 1.95 bits per heavy atom. The molecule has 2 aromatic heterocycles. The van der Waals surface area contributed by atoms with Gasteiger partial charge in [-0.15, -0.1) is 0 Å². The van der Waals surface area contributed by atoms with E-state index in [0.29, 0.717) is 38.3 Å². The number of anilines is 1. The molecule has 43 heavy (non-hydrogen) atoms. The van der Waals surface area contributed by atoms with E-state index in [2.05, 4.69) is 64.4 Å². The second-order valence-corrected chi connectivity index (χ2v) is 11.3. The minimum absolute atomic E-state index is 0.163. The Labute approximate surface area is 251 Å². The second kappa shape index (κ2) is 11.9. The summed E-state index contributed by atoms with van der Waals surface area (Å²) in [7, 11) is 5.82. The van der Waals surface area contributed by atoms with Crippen LogP contribution >= 0.6 is 0 Å². The summed E-state index contributed by atoms with van der Waals surface area (Å²) < 4.78 is 14.1. The van der Waals surface area contributed by atoms with Crippen LogP contribution in [0, 0.1) is 11.3 Å². The molecule has 0 radical (unpaired) electrons. The van der Waals surface area contributed by atoms with Crippen molar-refractivity contribution in [2.24, 2.45) is 7.05 Å². The Hall–Kier alpha value is -4.62. The van der Waals surface area contributed by atoms with E-state index in [1.54, 1.807) is 12.0 Å². The zero-order valence-electron chi connectivity index (χ0n) is 25.0. The molecule has 2 saturated heterocycles. The van der Waals surface area contributed by atoms with E-state index < -0.39 is 0 Å². The minimum Gasteiger partial charge on any atom is -0.496 e. The predicted molar refractivity (Wildman–Crippen MR) is 167 cm³/mol. The number of hydrogen-bond donors (Lipinski definition) is 0. The lowest BCUT2D eigenvalue weighted by Gasteiger charge is -2.40. The van der Waals surface area contributed by atoms with Crippen molar-refractivity contribution in [3.8, 4) is 29.1 Å². The van der Waals surface area contributed by atoms with Crippen molar-refractivity contribution >= 4 is 33.5 Å². The van der Waals surface area contributed by atoms with Crippen LogP contribution in [0.15, 0.2) is 55.1 Å². The first-order valence-electron chi connectivity index (χ1n) is 14.7. The molecule has 222 valence electrons. The van der Waals surface area contributed by atoms with Crippen LogP contribution < -0.4 is 14.4 Å². The van der Waals surface area contributed by atoms with Crippen molar-refractivity contribution in [3.63, 3.8) is 0 Å². The highest BCUT2D eigenvalue weighted by Crippen LogP contribution is 2.39. The summed E-state index contributed by atoms with van der Waals surface area (Å²) in [6, 6.07) is 17.0. The number of likely N-dealkylation sites (tertiary alicyclic amines) is 1. The summed E-state index contributed by atoms with van der Waals surface area (Å²) in [5, 5.41) is 12.6. The van der Waals surface area contributed by atoms with E-state index in [4.69, 9.17) is 19.4 Å². The highest BCUT2D eigenvalue weighted by atomic mass is 16.5. The van der Waals surface area contributed by atoms with Crippen molar-refractivity contribution in [2.45, 2.75) is 31.3 Å². The van der Waals surface area contributed by atoms with Gasteiger partial charge < -0.3 is 28.7 Å². The number of nitriles is 1. The Morgan fingerprint density at radius 1 is 1.14 bits per heavy atom. The van der Waals surface area contributed by atoms with Crippen LogP contribution in [0.2, 0.25) is 0 Å². The molecule has 0 spiro atoms. The van der Waals surface area contributed by atoms with E-state index in [0.717, 1.165) is 64.0 Å². The van der Waals surface area contributed by atoms with Gasteiger partial charge in [0.15, 0.2) is 0 Å². The maximum atomic E-state index is 12.6. The van der Waals surface area contributed by atoms with E-state index in [1.165, 1.54) is 6.08 Å². The lowest BCUT2D eigenvalue weighted by Crippen LogP contribution is -2.55. The number of carbonyl (C=O) groups excluding carboxylic acids is 1. The van der Waals surface area contributed by atoms with Gasteiger partial charge in [-0.1, -0.05) is 36.9 Å². The summed E-state index contributed by atoms with van der Waals surface area (Å²) in [6.07, 6.45) is 3.77. The largest absolute Gasteiger partial charge is 0.496 e. The number of nitrogens with zero attached hydrogens (tertiary/aromatic N) is 7. The number of aromatic nitrogens is 3. The molecule has 10 nitrogen and oxygen atoms in total. The van der Waals surface area contributed by atoms with Crippen LogP contribution in [0.25, 0.3) is 33.1 Å². The molecular formula is C33H37N7O3. The van der Waals surface area contributed by atoms with E-state index in [1.807, 2.05) is 19.2 Å². The molecule has 2 aliphatic rings. The third kappa shape index (κ3) is 5.25. The predicted octanol–water partition coefficient (Wildman–Crippen LogP) is 4.39. The van der Waals surface area contributed by atoms with Crippen molar-refractivity contribution in [1.82, 2.24) is 24.3 Å². The average molecular weight is 580 g/mol. The van der Waals surface area contributed by atoms with E-state index >= 15 is 0 Å². The van der Waals surface area contributed by atoms with Crippen LogP contribution in [0.4, 0.5) is 5.82 Å². The molecule has 0 unspecified atom stereocenters. The molecule has 2 aliphatic heterocycles. The quantitative estimate of drug-likeness (QED) is 0.284. The van der Waals surface area contributed by atoms with Crippen molar-refractivity contribution in [3.05, 3.63) is 55.1 Å². The molecule has 10 heteroatoms. The van der Waals surface area contributed by atoms with E-state index in [-0.39, 0.29) is 18.4 Å². The minimum atomic E-state index is -0.281. The lowest BCUT2D eigenvalue weighted by molar-refractivity contribution is -0.128. The van der Waals surface area contributed by atoms with Crippen molar-refractivity contribution in [1.29, 1.82) is 5.26 Å².